The standard InChI is InChI=1S/C15H19NO4S/c1-3-16(11(2)17)13(15(19)20)9-21-10-14(18)12-7-5-4-6-8-12/h4-8,13H,3,9-10H2,1-2H3,(H,19,20)/t13-/m0/s1. The van der Waals surface area contributed by atoms with Gasteiger partial charge in [0, 0.05) is 24.8 Å². The zero-order valence-electron chi connectivity index (χ0n) is 12.1. The van der Waals surface area contributed by atoms with Crippen molar-refractivity contribution in [2.45, 2.75) is 19.9 Å². The van der Waals surface area contributed by atoms with E-state index in [1.165, 1.54) is 23.6 Å². The van der Waals surface area contributed by atoms with Crippen LogP contribution in [0.5, 0.6) is 0 Å². The SMILES string of the molecule is CCN(C(C)=O)[C@@H](CSCC(=O)c1ccccc1)C(=O)O. The number of thioether (sulfide) groups is 1. The second kappa shape index (κ2) is 8.46. The third-order valence-corrected chi connectivity index (χ3v) is 4.03. The van der Waals surface area contributed by atoms with E-state index in [9.17, 15) is 19.5 Å². The number of likely N-dealkylation sites (N-methyl/N-ethyl adjacent to an activating group) is 1. The van der Waals surface area contributed by atoms with Crippen LogP contribution in [0.3, 0.4) is 0 Å². The third kappa shape index (κ3) is 5.23. The highest BCUT2D eigenvalue weighted by Gasteiger charge is 2.26. The number of carboxylic acids is 1. The lowest BCUT2D eigenvalue weighted by atomic mass is 10.2. The zero-order valence-corrected chi connectivity index (χ0v) is 12.9. The summed E-state index contributed by atoms with van der Waals surface area (Å²) in [6.07, 6.45) is 0. The van der Waals surface area contributed by atoms with E-state index >= 15 is 0 Å². The molecule has 1 aromatic carbocycles. The number of hydrogen-bond acceptors (Lipinski definition) is 4. The Morgan fingerprint density at radius 2 is 1.86 bits per heavy atom. The minimum absolute atomic E-state index is 0.0457. The number of carbonyl (C=O) groups excluding carboxylic acids is 2. The van der Waals surface area contributed by atoms with Crippen LogP contribution in [-0.4, -0.2) is 51.8 Å². The number of hydrogen-bond donors (Lipinski definition) is 1. The van der Waals surface area contributed by atoms with Gasteiger partial charge in [0.25, 0.3) is 0 Å². The first-order valence-electron chi connectivity index (χ1n) is 6.63. The maximum Gasteiger partial charge on any atom is 0.327 e. The summed E-state index contributed by atoms with van der Waals surface area (Å²) in [7, 11) is 0. The monoisotopic (exact) mass is 309 g/mol. The average Bonchev–Trinajstić information content (AvgIpc) is 2.46. The molecule has 0 aliphatic heterocycles. The van der Waals surface area contributed by atoms with E-state index in [1.807, 2.05) is 6.07 Å². The maximum atomic E-state index is 11.9. The molecular formula is C15H19NO4S. The Balaban J connectivity index is 2.57. The molecular weight excluding hydrogens is 290 g/mol. The molecule has 1 atom stereocenters. The summed E-state index contributed by atoms with van der Waals surface area (Å²) in [4.78, 5) is 35.9. The fourth-order valence-electron chi connectivity index (χ4n) is 1.93. The van der Waals surface area contributed by atoms with E-state index < -0.39 is 12.0 Å². The van der Waals surface area contributed by atoms with Crippen molar-refractivity contribution in [3.8, 4) is 0 Å². The lowest BCUT2D eigenvalue weighted by molar-refractivity contribution is -0.148. The summed E-state index contributed by atoms with van der Waals surface area (Å²) in [5.41, 5.74) is 0.607. The van der Waals surface area contributed by atoms with Gasteiger partial charge in [-0.15, -0.1) is 0 Å². The van der Waals surface area contributed by atoms with Gasteiger partial charge < -0.3 is 10.0 Å². The summed E-state index contributed by atoms with van der Waals surface area (Å²) in [6.45, 7) is 3.41. The van der Waals surface area contributed by atoms with Crippen LogP contribution in [0.25, 0.3) is 0 Å². The van der Waals surface area contributed by atoms with Crippen LogP contribution in [0.1, 0.15) is 24.2 Å². The number of rotatable bonds is 8. The number of carbonyl (C=O) groups is 3. The first-order chi connectivity index (χ1) is 9.97. The molecule has 0 fully saturated rings. The van der Waals surface area contributed by atoms with Crippen molar-refractivity contribution >= 4 is 29.4 Å². The maximum absolute atomic E-state index is 11.9. The number of carboxylic acid groups (broad SMARTS) is 1. The van der Waals surface area contributed by atoms with Crippen molar-refractivity contribution < 1.29 is 19.5 Å². The highest BCUT2D eigenvalue weighted by Crippen LogP contribution is 2.12. The Bertz CT molecular complexity index is 504. The molecule has 0 aliphatic carbocycles. The molecule has 1 rings (SSSR count). The molecule has 0 heterocycles. The molecule has 5 nitrogen and oxygen atoms in total. The van der Waals surface area contributed by atoms with Crippen molar-refractivity contribution in [1.29, 1.82) is 0 Å². The zero-order chi connectivity index (χ0) is 15.8. The van der Waals surface area contributed by atoms with Crippen LogP contribution >= 0.6 is 11.8 Å². The van der Waals surface area contributed by atoms with Crippen LogP contribution in [0.15, 0.2) is 30.3 Å². The Morgan fingerprint density at radius 1 is 1.24 bits per heavy atom. The van der Waals surface area contributed by atoms with Crippen LogP contribution < -0.4 is 0 Å². The molecule has 1 amide bonds. The molecule has 1 aromatic rings. The third-order valence-electron chi connectivity index (χ3n) is 3.01. The van der Waals surface area contributed by atoms with Crippen LogP contribution in [0, 0.1) is 0 Å². The van der Waals surface area contributed by atoms with E-state index in [1.54, 1.807) is 31.2 Å². The lowest BCUT2D eigenvalue weighted by Crippen LogP contribution is -2.45. The largest absolute Gasteiger partial charge is 0.480 e. The predicted molar refractivity (Wildman–Crippen MR) is 82.6 cm³/mol. The number of aliphatic carboxylic acids is 1. The molecule has 0 bridgehead atoms. The van der Waals surface area contributed by atoms with Gasteiger partial charge in [-0.25, -0.2) is 4.79 Å². The van der Waals surface area contributed by atoms with Crippen LogP contribution in [0.2, 0.25) is 0 Å². The lowest BCUT2D eigenvalue weighted by Gasteiger charge is -2.26. The van der Waals surface area contributed by atoms with Crippen molar-refractivity contribution in [1.82, 2.24) is 4.90 Å². The minimum atomic E-state index is -1.05. The fourth-order valence-corrected chi connectivity index (χ4v) is 2.94. The molecule has 0 saturated carbocycles. The van der Waals surface area contributed by atoms with Crippen LogP contribution in [0.4, 0.5) is 0 Å². The molecule has 1 N–H and O–H groups in total. The molecule has 0 aromatic heterocycles. The summed E-state index contributed by atoms with van der Waals surface area (Å²) >= 11 is 1.23. The molecule has 0 unspecified atom stereocenters. The van der Waals surface area contributed by atoms with Gasteiger partial charge in [0.1, 0.15) is 6.04 Å². The van der Waals surface area contributed by atoms with E-state index in [2.05, 4.69) is 0 Å². The Kier molecular flexibility index (Phi) is 6.94. The van der Waals surface area contributed by atoms with Gasteiger partial charge in [0.2, 0.25) is 5.91 Å². The van der Waals surface area contributed by atoms with Crippen molar-refractivity contribution in [2.75, 3.05) is 18.1 Å². The second-order valence-corrected chi connectivity index (χ2v) is 5.49. The molecule has 0 spiro atoms. The summed E-state index contributed by atoms with van der Waals surface area (Å²) in [6, 6.07) is 7.95. The Morgan fingerprint density at radius 3 is 2.33 bits per heavy atom. The van der Waals surface area contributed by atoms with Crippen molar-refractivity contribution in [3.63, 3.8) is 0 Å². The Labute approximate surface area is 128 Å². The van der Waals surface area contributed by atoms with Crippen LogP contribution in [-0.2, 0) is 9.59 Å². The van der Waals surface area contributed by atoms with Gasteiger partial charge in [-0.3, -0.25) is 9.59 Å². The molecule has 6 heteroatoms. The highest BCUT2D eigenvalue weighted by atomic mass is 32.2. The van der Waals surface area contributed by atoms with Gasteiger partial charge in [0.15, 0.2) is 5.78 Å². The topological polar surface area (TPSA) is 74.7 Å². The molecule has 0 aliphatic rings. The average molecular weight is 309 g/mol. The molecule has 21 heavy (non-hydrogen) atoms. The molecule has 114 valence electrons. The normalized spacial score (nSPS) is 11.7. The van der Waals surface area contributed by atoms with Gasteiger partial charge in [-0.05, 0) is 6.92 Å². The first-order valence-corrected chi connectivity index (χ1v) is 7.78. The number of amides is 1. The number of ketones is 1. The van der Waals surface area contributed by atoms with Gasteiger partial charge in [0.05, 0.1) is 5.75 Å². The molecule has 0 saturated heterocycles. The first kappa shape index (κ1) is 17.2. The quantitative estimate of drug-likeness (QED) is 0.743. The highest BCUT2D eigenvalue weighted by molar-refractivity contribution is 8.00. The Hall–Kier alpha value is -1.82. The number of nitrogens with zero attached hydrogens (tertiary/aromatic N) is 1. The van der Waals surface area contributed by atoms with Crippen molar-refractivity contribution in [2.24, 2.45) is 0 Å². The summed E-state index contributed by atoms with van der Waals surface area (Å²) < 4.78 is 0. The summed E-state index contributed by atoms with van der Waals surface area (Å²) in [5, 5.41) is 9.21. The van der Waals surface area contributed by atoms with E-state index in [-0.39, 0.29) is 23.2 Å². The number of Topliss-reactive ketones (excluding diaryl/α,β-unsaturated/α-hetero) is 1. The van der Waals surface area contributed by atoms with Crippen molar-refractivity contribution in [3.05, 3.63) is 35.9 Å². The van der Waals surface area contributed by atoms with E-state index in [0.717, 1.165) is 0 Å². The minimum Gasteiger partial charge on any atom is -0.480 e. The number of benzene rings is 1. The molecule has 0 radical (unpaired) electrons. The second-order valence-electron chi connectivity index (χ2n) is 4.46. The smallest absolute Gasteiger partial charge is 0.327 e. The van der Waals surface area contributed by atoms with E-state index in [4.69, 9.17) is 0 Å². The summed E-state index contributed by atoms with van der Waals surface area (Å²) in [5.74, 6) is -0.980. The van der Waals surface area contributed by atoms with Gasteiger partial charge in [-0.2, -0.15) is 11.8 Å². The fraction of sp³-hybridized carbons (Fsp3) is 0.400. The van der Waals surface area contributed by atoms with E-state index in [0.29, 0.717) is 12.1 Å². The predicted octanol–water partition coefficient (Wildman–Crippen LogP) is 1.92. The van der Waals surface area contributed by atoms with Gasteiger partial charge >= 0.3 is 5.97 Å². The van der Waals surface area contributed by atoms with Gasteiger partial charge in [-0.1, -0.05) is 30.3 Å².